The molecule has 39 heavy (non-hydrogen) atoms. The number of carbonyl (C=O) groups excluding carboxylic acids is 2. The van der Waals surface area contributed by atoms with E-state index in [2.05, 4.69) is 22.0 Å². The van der Waals surface area contributed by atoms with Gasteiger partial charge in [0.1, 0.15) is 17.3 Å². The van der Waals surface area contributed by atoms with E-state index in [-0.39, 0.29) is 11.7 Å². The highest BCUT2D eigenvalue weighted by atomic mass is 32.2. The molecule has 1 aliphatic rings. The maximum atomic E-state index is 13.6. The van der Waals surface area contributed by atoms with Gasteiger partial charge in [-0.05, 0) is 63.6 Å². The van der Waals surface area contributed by atoms with Crippen molar-refractivity contribution in [2.24, 2.45) is 0 Å². The Morgan fingerprint density at radius 1 is 1.05 bits per heavy atom. The Morgan fingerprint density at radius 3 is 2.49 bits per heavy atom. The van der Waals surface area contributed by atoms with Crippen molar-refractivity contribution in [3.8, 4) is 11.8 Å². The molecule has 8 nitrogen and oxygen atoms in total. The standard InChI is InChI=1S/C30H30N4O4S/c1-17-10-12-22(18(2)14-17)33-26(35)16-39-30-21(15-31)28(25-13-11-19(3)38-25)27(20(4)32-30)29(36)34-23-8-6-7-9-24(23)37-5/h6-14,28,32H,16H2,1-5H3,(H,33,35)(H,34,36)/t28-/m0/s1. The number of rotatable bonds is 8. The quantitative estimate of drug-likeness (QED) is 0.323. The smallest absolute Gasteiger partial charge is 0.254 e. The normalized spacial score (nSPS) is 14.9. The molecule has 0 saturated carbocycles. The van der Waals surface area contributed by atoms with Gasteiger partial charge in [0.25, 0.3) is 5.91 Å². The van der Waals surface area contributed by atoms with E-state index in [1.165, 1.54) is 18.9 Å². The van der Waals surface area contributed by atoms with Gasteiger partial charge in [0.05, 0.1) is 46.7 Å². The number of thioether (sulfide) groups is 1. The second-order valence-electron chi connectivity index (χ2n) is 9.21. The van der Waals surface area contributed by atoms with Crippen LogP contribution in [0.1, 0.15) is 35.5 Å². The summed E-state index contributed by atoms with van der Waals surface area (Å²) in [4.78, 5) is 26.4. The van der Waals surface area contributed by atoms with Gasteiger partial charge < -0.3 is 25.1 Å². The SMILES string of the molecule is COc1ccccc1NC(=O)C1=C(C)NC(SCC(=O)Nc2ccc(C)cc2C)=C(C#N)[C@H]1c1ccc(C)o1. The molecule has 4 rings (SSSR count). The number of aryl methyl sites for hydroxylation is 3. The second-order valence-corrected chi connectivity index (χ2v) is 10.2. The Balaban J connectivity index is 1.62. The number of nitriles is 1. The molecule has 0 radical (unpaired) electrons. The minimum absolute atomic E-state index is 0.0702. The number of allylic oxidation sites excluding steroid dienone is 2. The first kappa shape index (κ1) is 27.6. The molecule has 2 aromatic carbocycles. The van der Waals surface area contributed by atoms with E-state index in [0.29, 0.717) is 44.8 Å². The van der Waals surface area contributed by atoms with Gasteiger partial charge in [-0.15, -0.1) is 0 Å². The van der Waals surface area contributed by atoms with Gasteiger partial charge in [-0.1, -0.05) is 41.6 Å². The van der Waals surface area contributed by atoms with Crippen molar-refractivity contribution in [3.05, 3.63) is 99.1 Å². The summed E-state index contributed by atoms with van der Waals surface area (Å²) < 4.78 is 11.3. The number of ether oxygens (including phenoxy) is 1. The number of anilines is 2. The van der Waals surface area contributed by atoms with Crippen LogP contribution in [0.4, 0.5) is 11.4 Å². The molecule has 0 aliphatic carbocycles. The van der Waals surface area contributed by atoms with E-state index in [1.807, 2.05) is 38.1 Å². The minimum atomic E-state index is -0.760. The van der Waals surface area contributed by atoms with Crippen molar-refractivity contribution in [1.29, 1.82) is 5.26 Å². The Kier molecular flexibility index (Phi) is 8.47. The van der Waals surface area contributed by atoms with E-state index >= 15 is 0 Å². The first-order chi connectivity index (χ1) is 18.7. The van der Waals surface area contributed by atoms with Crippen molar-refractivity contribution in [2.75, 3.05) is 23.5 Å². The van der Waals surface area contributed by atoms with E-state index in [9.17, 15) is 14.9 Å². The summed E-state index contributed by atoms with van der Waals surface area (Å²) in [5.41, 5.74) is 4.52. The molecule has 1 aliphatic heterocycles. The number of methoxy groups -OCH3 is 1. The number of nitrogens with zero attached hydrogens (tertiary/aromatic N) is 1. The molecule has 2 amide bonds. The van der Waals surface area contributed by atoms with Crippen molar-refractivity contribution < 1.29 is 18.7 Å². The molecule has 0 saturated heterocycles. The van der Waals surface area contributed by atoms with Gasteiger partial charge in [-0.3, -0.25) is 9.59 Å². The van der Waals surface area contributed by atoms with Crippen molar-refractivity contribution >= 4 is 35.0 Å². The summed E-state index contributed by atoms with van der Waals surface area (Å²) in [6, 6.07) is 18.7. The molecule has 0 fully saturated rings. The highest BCUT2D eigenvalue weighted by Crippen LogP contribution is 2.42. The fourth-order valence-electron chi connectivity index (χ4n) is 4.44. The van der Waals surface area contributed by atoms with Crippen molar-refractivity contribution in [1.82, 2.24) is 5.32 Å². The Labute approximate surface area is 232 Å². The van der Waals surface area contributed by atoms with E-state index in [4.69, 9.17) is 9.15 Å². The third-order valence-corrected chi connectivity index (χ3v) is 7.31. The molecule has 3 N–H and O–H groups in total. The lowest BCUT2D eigenvalue weighted by atomic mass is 9.85. The first-order valence-corrected chi connectivity index (χ1v) is 13.3. The molecular formula is C30H30N4O4S. The predicted molar refractivity (Wildman–Crippen MR) is 153 cm³/mol. The fourth-order valence-corrected chi connectivity index (χ4v) is 5.33. The van der Waals surface area contributed by atoms with Crippen molar-refractivity contribution in [2.45, 2.75) is 33.6 Å². The van der Waals surface area contributed by atoms with Crippen LogP contribution in [0.25, 0.3) is 0 Å². The molecule has 3 aromatic rings. The molecule has 200 valence electrons. The molecule has 2 heterocycles. The van der Waals surface area contributed by atoms with E-state index in [0.717, 1.165) is 16.8 Å². The third-order valence-electron chi connectivity index (χ3n) is 6.30. The van der Waals surface area contributed by atoms with Gasteiger partial charge in [0, 0.05) is 11.4 Å². The van der Waals surface area contributed by atoms with Gasteiger partial charge in [-0.2, -0.15) is 5.26 Å². The Morgan fingerprint density at radius 2 is 1.82 bits per heavy atom. The number of para-hydroxylation sites is 2. The van der Waals surface area contributed by atoms with Crippen LogP contribution in [0, 0.1) is 32.1 Å². The maximum absolute atomic E-state index is 13.6. The van der Waals surface area contributed by atoms with Crippen LogP contribution in [0.3, 0.4) is 0 Å². The molecule has 1 aromatic heterocycles. The highest BCUT2D eigenvalue weighted by Gasteiger charge is 2.37. The summed E-state index contributed by atoms with van der Waals surface area (Å²) in [7, 11) is 1.53. The van der Waals surface area contributed by atoms with Gasteiger partial charge >= 0.3 is 0 Å². The average Bonchev–Trinajstić information content (AvgIpc) is 3.34. The molecule has 9 heteroatoms. The summed E-state index contributed by atoms with van der Waals surface area (Å²) in [5.74, 6) is 0.349. The first-order valence-electron chi connectivity index (χ1n) is 12.3. The zero-order valence-corrected chi connectivity index (χ0v) is 23.3. The van der Waals surface area contributed by atoms with E-state index in [1.54, 1.807) is 44.2 Å². The fraction of sp³-hybridized carbons (Fsp3) is 0.233. The van der Waals surface area contributed by atoms with Crippen LogP contribution in [0.2, 0.25) is 0 Å². The number of hydrogen-bond acceptors (Lipinski definition) is 7. The molecule has 0 unspecified atom stereocenters. The van der Waals surface area contributed by atoms with Crippen molar-refractivity contribution in [3.63, 3.8) is 0 Å². The minimum Gasteiger partial charge on any atom is -0.495 e. The summed E-state index contributed by atoms with van der Waals surface area (Å²) in [6.45, 7) is 7.51. The van der Waals surface area contributed by atoms with Crippen LogP contribution in [0.15, 0.2) is 80.9 Å². The molecule has 0 spiro atoms. The third kappa shape index (κ3) is 6.19. The van der Waals surface area contributed by atoms with Crippen LogP contribution in [0.5, 0.6) is 5.75 Å². The lowest BCUT2D eigenvalue weighted by molar-refractivity contribution is -0.114. The highest BCUT2D eigenvalue weighted by molar-refractivity contribution is 8.03. The van der Waals surface area contributed by atoms with Crippen LogP contribution >= 0.6 is 11.8 Å². The number of nitrogens with one attached hydrogen (secondary N) is 3. The summed E-state index contributed by atoms with van der Waals surface area (Å²) in [5, 5.41) is 19.8. The Bertz CT molecular complexity index is 1530. The summed E-state index contributed by atoms with van der Waals surface area (Å²) >= 11 is 1.21. The zero-order valence-electron chi connectivity index (χ0n) is 22.5. The van der Waals surface area contributed by atoms with Gasteiger partial charge in [0.2, 0.25) is 5.91 Å². The van der Waals surface area contributed by atoms with Crippen LogP contribution in [-0.2, 0) is 9.59 Å². The number of hydrogen-bond donors (Lipinski definition) is 3. The lowest BCUT2D eigenvalue weighted by Crippen LogP contribution is -2.31. The monoisotopic (exact) mass is 542 g/mol. The predicted octanol–water partition coefficient (Wildman–Crippen LogP) is 5.92. The largest absolute Gasteiger partial charge is 0.495 e. The molecular weight excluding hydrogens is 512 g/mol. The van der Waals surface area contributed by atoms with E-state index < -0.39 is 11.8 Å². The number of amides is 2. The van der Waals surface area contributed by atoms with Crippen LogP contribution < -0.4 is 20.7 Å². The zero-order chi connectivity index (χ0) is 28.1. The number of carbonyl (C=O) groups is 2. The Hall–Kier alpha value is -4.42. The molecule has 0 bridgehead atoms. The van der Waals surface area contributed by atoms with Crippen LogP contribution in [-0.4, -0.2) is 24.7 Å². The average molecular weight is 543 g/mol. The lowest BCUT2D eigenvalue weighted by Gasteiger charge is -2.28. The maximum Gasteiger partial charge on any atom is 0.254 e. The second kappa shape index (κ2) is 12.0. The molecule has 1 atom stereocenters. The number of furan rings is 1. The summed E-state index contributed by atoms with van der Waals surface area (Å²) in [6.07, 6.45) is 0. The number of benzene rings is 2. The van der Waals surface area contributed by atoms with Gasteiger partial charge in [0.15, 0.2) is 0 Å². The van der Waals surface area contributed by atoms with Gasteiger partial charge in [-0.25, -0.2) is 0 Å². The number of dihydropyridines is 1. The topological polar surface area (TPSA) is 116 Å².